The zero-order chi connectivity index (χ0) is 15.8. The summed E-state index contributed by atoms with van der Waals surface area (Å²) in [6.45, 7) is 8.31. The molecule has 0 saturated carbocycles. The summed E-state index contributed by atoms with van der Waals surface area (Å²) in [5, 5.41) is 11.8. The highest BCUT2D eigenvalue weighted by Gasteiger charge is 2.26. The van der Waals surface area contributed by atoms with E-state index in [0.29, 0.717) is 32.2 Å². The van der Waals surface area contributed by atoms with Crippen molar-refractivity contribution in [1.82, 2.24) is 10.2 Å². The summed E-state index contributed by atoms with van der Waals surface area (Å²) >= 11 is 0. The fourth-order valence-electron chi connectivity index (χ4n) is 2.75. The van der Waals surface area contributed by atoms with E-state index in [0.717, 1.165) is 12.8 Å². The number of hydrogen-bond donors (Lipinski definition) is 2. The first-order chi connectivity index (χ1) is 9.93. The molecule has 0 bridgehead atoms. The number of carboxylic acids is 1. The number of hydrogen-bond acceptors (Lipinski definition) is 3. The maximum absolute atomic E-state index is 12.3. The van der Waals surface area contributed by atoms with Crippen LogP contribution in [0.2, 0.25) is 0 Å². The zero-order valence-electron chi connectivity index (χ0n) is 13.3. The highest BCUT2D eigenvalue weighted by Crippen LogP contribution is 2.15. The number of carbonyl (C=O) groups is 2. The molecule has 2 unspecified atom stereocenters. The molecule has 1 saturated heterocycles. The molecule has 21 heavy (non-hydrogen) atoms. The fourth-order valence-corrected chi connectivity index (χ4v) is 2.75. The van der Waals surface area contributed by atoms with Crippen molar-refractivity contribution in [1.29, 1.82) is 0 Å². The van der Waals surface area contributed by atoms with Gasteiger partial charge >= 0.3 is 12.0 Å². The van der Waals surface area contributed by atoms with E-state index >= 15 is 0 Å². The van der Waals surface area contributed by atoms with Crippen LogP contribution in [0.25, 0.3) is 0 Å². The van der Waals surface area contributed by atoms with Crippen LogP contribution in [-0.2, 0) is 9.53 Å². The fraction of sp³-hybridized carbons (Fsp3) is 0.867. The van der Waals surface area contributed by atoms with Gasteiger partial charge in [0.1, 0.15) is 0 Å². The molecule has 2 N–H and O–H groups in total. The minimum absolute atomic E-state index is 0.0208. The van der Waals surface area contributed by atoms with Crippen molar-refractivity contribution in [2.45, 2.75) is 46.1 Å². The van der Waals surface area contributed by atoms with Crippen LogP contribution in [0, 0.1) is 11.8 Å². The number of nitrogens with one attached hydrogen (secondary N) is 1. The standard InChI is InChI=1S/C15H28N2O4/c1-4-13-10-21-6-5-17(13)15(20)16-9-12(7-11(2)3)8-14(18)19/h11-13H,4-10H2,1-3H3,(H,16,20)(H,18,19). The molecule has 1 fully saturated rings. The number of carbonyl (C=O) groups excluding carboxylic acids is 1. The van der Waals surface area contributed by atoms with Crippen LogP contribution in [-0.4, -0.2) is 54.4 Å². The number of rotatable bonds is 7. The van der Waals surface area contributed by atoms with E-state index in [1.165, 1.54) is 0 Å². The molecule has 1 aliphatic heterocycles. The Morgan fingerprint density at radius 1 is 1.43 bits per heavy atom. The normalized spacial score (nSPS) is 20.4. The average molecular weight is 300 g/mol. The monoisotopic (exact) mass is 300 g/mol. The third kappa shape index (κ3) is 6.33. The van der Waals surface area contributed by atoms with Crippen molar-refractivity contribution >= 4 is 12.0 Å². The smallest absolute Gasteiger partial charge is 0.317 e. The lowest BCUT2D eigenvalue weighted by Crippen LogP contribution is -2.52. The number of aliphatic carboxylic acids is 1. The summed E-state index contributed by atoms with van der Waals surface area (Å²) in [4.78, 5) is 25.0. The topological polar surface area (TPSA) is 78.9 Å². The third-order valence-corrected chi connectivity index (χ3v) is 3.77. The Labute approximate surface area is 126 Å². The molecule has 2 amide bonds. The molecule has 0 aliphatic carbocycles. The predicted octanol–water partition coefficient (Wildman–Crippen LogP) is 1.94. The lowest BCUT2D eigenvalue weighted by molar-refractivity contribution is -0.138. The lowest BCUT2D eigenvalue weighted by atomic mass is 9.94. The minimum Gasteiger partial charge on any atom is -0.481 e. The molecule has 1 heterocycles. The van der Waals surface area contributed by atoms with Crippen LogP contribution in [0.15, 0.2) is 0 Å². The van der Waals surface area contributed by atoms with Gasteiger partial charge in [-0.2, -0.15) is 0 Å². The Bertz CT molecular complexity index is 347. The van der Waals surface area contributed by atoms with Crippen molar-refractivity contribution < 1.29 is 19.4 Å². The van der Waals surface area contributed by atoms with Gasteiger partial charge in [-0.15, -0.1) is 0 Å². The Kier molecular flexibility index (Phi) is 7.50. The number of morpholine rings is 1. The molecular formula is C15H28N2O4. The summed E-state index contributed by atoms with van der Waals surface area (Å²) < 4.78 is 5.38. The molecule has 6 nitrogen and oxygen atoms in total. The third-order valence-electron chi connectivity index (χ3n) is 3.77. The molecular weight excluding hydrogens is 272 g/mol. The number of carboxylic acid groups (broad SMARTS) is 1. The molecule has 0 aromatic carbocycles. The predicted molar refractivity (Wildman–Crippen MR) is 80.2 cm³/mol. The first kappa shape index (κ1) is 17.8. The lowest BCUT2D eigenvalue weighted by Gasteiger charge is -2.35. The second kappa shape index (κ2) is 8.87. The summed E-state index contributed by atoms with van der Waals surface area (Å²) in [7, 11) is 0. The van der Waals surface area contributed by atoms with Crippen molar-refractivity contribution in [3.63, 3.8) is 0 Å². The first-order valence-electron chi connectivity index (χ1n) is 7.78. The van der Waals surface area contributed by atoms with Crippen LogP contribution in [0.5, 0.6) is 0 Å². The molecule has 2 atom stereocenters. The highest BCUT2D eigenvalue weighted by atomic mass is 16.5. The second-order valence-electron chi connectivity index (χ2n) is 6.11. The highest BCUT2D eigenvalue weighted by molar-refractivity contribution is 5.74. The van der Waals surface area contributed by atoms with Crippen LogP contribution in [0.3, 0.4) is 0 Å². The van der Waals surface area contributed by atoms with Gasteiger partial charge in [0.15, 0.2) is 0 Å². The second-order valence-corrected chi connectivity index (χ2v) is 6.11. The van der Waals surface area contributed by atoms with Gasteiger partial charge in [0, 0.05) is 19.5 Å². The van der Waals surface area contributed by atoms with E-state index in [4.69, 9.17) is 9.84 Å². The van der Waals surface area contributed by atoms with Gasteiger partial charge in [-0.1, -0.05) is 20.8 Å². The van der Waals surface area contributed by atoms with E-state index in [1.54, 1.807) is 4.90 Å². The number of amides is 2. The van der Waals surface area contributed by atoms with Crippen molar-refractivity contribution in [3.05, 3.63) is 0 Å². The van der Waals surface area contributed by atoms with Crippen molar-refractivity contribution in [3.8, 4) is 0 Å². The van der Waals surface area contributed by atoms with E-state index < -0.39 is 5.97 Å². The number of ether oxygens (including phenoxy) is 1. The molecule has 1 aliphatic rings. The first-order valence-corrected chi connectivity index (χ1v) is 7.78. The summed E-state index contributed by atoms with van der Waals surface area (Å²) in [5.41, 5.74) is 0. The van der Waals surface area contributed by atoms with E-state index in [1.807, 2.05) is 6.92 Å². The van der Waals surface area contributed by atoms with Crippen molar-refractivity contribution in [2.24, 2.45) is 11.8 Å². The van der Waals surface area contributed by atoms with E-state index in [2.05, 4.69) is 19.2 Å². The zero-order valence-corrected chi connectivity index (χ0v) is 13.3. The molecule has 0 radical (unpaired) electrons. The van der Waals surface area contributed by atoms with Crippen LogP contribution >= 0.6 is 0 Å². The molecule has 6 heteroatoms. The number of nitrogens with zero attached hydrogens (tertiary/aromatic N) is 1. The number of urea groups is 1. The summed E-state index contributed by atoms with van der Waals surface area (Å²) in [6, 6.07) is 0.00562. The maximum Gasteiger partial charge on any atom is 0.317 e. The Morgan fingerprint density at radius 3 is 2.71 bits per heavy atom. The maximum atomic E-state index is 12.3. The van der Waals surface area contributed by atoms with Crippen molar-refractivity contribution in [2.75, 3.05) is 26.3 Å². The quantitative estimate of drug-likeness (QED) is 0.753. The molecule has 0 aromatic heterocycles. The summed E-state index contributed by atoms with van der Waals surface area (Å²) in [5.74, 6) is -0.418. The Hall–Kier alpha value is -1.30. The molecule has 1 rings (SSSR count). The van der Waals surface area contributed by atoms with Gasteiger partial charge in [-0.05, 0) is 24.7 Å². The van der Waals surface area contributed by atoms with E-state index in [-0.39, 0.29) is 24.4 Å². The van der Waals surface area contributed by atoms with Crippen LogP contribution in [0.1, 0.15) is 40.0 Å². The van der Waals surface area contributed by atoms with Gasteiger partial charge in [-0.25, -0.2) is 4.79 Å². The molecule has 0 aromatic rings. The Morgan fingerprint density at radius 2 is 2.14 bits per heavy atom. The molecule has 122 valence electrons. The van der Waals surface area contributed by atoms with Gasteiger partial charge in [-0.3, -0.25) is 4.79 Å². The van der Waals surface area contributed by atoms with E-state index in [9.17, 15) is 9.59 Å². The largest absolute Gasteiger partial charge is 0.481 e. The van der Waals surface area contributed by atoms with Crippen LogP contribution < -0.4 is 5.32 Å². The Balaban J connectivity index is 2.49. The molecule has 0 spiro atoms. The summed E-state index contributed by atoms with van der Waals surface area (Å²) in [6.07, 6.45) is 1.75. The van der Waals surface area contributed by atoms with Gasteiger partial charge in [0.25, 0.3) is 0 Å². The van der Waals surface area contributed by atoms with Gasteiger partial charge in [0.2, 0.25) is 0 Å². The van der Waals surface area contributed by atoms with Gasteiger partial charge in [0.05, 0.1) is 19.3 Å². The SMILES string of the molecule is CCC1COCCN1C(=O)NCC(CC(=O)O)CC(C)C. The average Bonchev–Trinajstić information content (AvgIpc) is 2.43. The minimum atomic E-state index is -0.812. The van der Waals surface area contributed by atoms with Crippen LogP contribution in [0.4, 0.5) is 4.79 Å². The van der Waals surface area contributed by atoms with Gasteiger partial charge < -0.3 is 20.1 Å².